The summed E-state index contributed by atoms with van der Waals surface area (Å²) in [4.78, 5) is 10.6. The van der Waals surface area contributed by atoms with Crippen LogP contribution in [0.5, 0.6) is 0 Å². The van der Waals surface area contributed by atoms with Crippen molar-refractivity contribution in [3.05, 3.63) is 39.8 Å². The number of rotatable bonds is 2. The maximum absolute atomic E-state index is 13.9. The zero-order valence-corrected chi connectivity index (χ0v) is 10.3. The molecule has 88 valence electrons. The summed E-state index contributed by atoms with van der Waals surface area (Å²) in [5, 5.41) is 12.2. The Morgan fingerprint density at radius 3 is 2.82 bits per heavy atom. The van der Waals surface area contributed by atoms with E-state index in [0.29, 0.717) is 10.0 Å². The number of aromatic nitrogens is 1. The van der Waals surface area contributed by atoms with E-state index in [1.165, 1.54) is 12.1 Å². The van der Waals surface area contributed by atoms with Crippen LogP contribution in [-0.2, 0) is 0 Å². The standard InChI is InChI=1S/C11H7BrFNO3/c1-5-7(12)3-2-6(10(5)13)8-4-9(11(15)16)17-14-8/h2-4H,1H3,(H,15,16). The van der Waals surface area contributed by atoms with Crippen molar-refractivity contribution in [1.29, 1.82) is 0 Å². The molecular weight excluding hydrogens is 293 g/mol. The Balaban J connectivity index is 2.53. The van der Waals surface area contributed by atoms with Crippen LogP contribution >= 0.6 is 15.9 Å². The van der Waals surface area contributed by atoms with E-state index in [4.69, 9.17) is 5.11 Å². The van der Waals surface area contributed by atoms with Gasteiger partial charge in [0.2, 0.25) is 5.76 Å². The smallest absolute Gasteiger partial charge is 0.374 e. The molecule has 0 spiro atoms. The second-order valence-corrected chi connectivity index (χ2v) is 4.27. The SMILES string of the molecule is Cc1c(Br)ccc(-c2cc(C(=O)O)on2)c1F. The van der Waals surface area contributed by atoms with Gasteiger partial charge < -0.3 is 9.63 Å². The van der Waals surface area contributed by atoms with Gasteiger partial charge in [-0.1, -0.05) is 21.1 Å². The summed E-state index contributed by atoms with van der Waals surface area (Å²) in [5.41, 5.74) is 0.805. The molecule has 0 aliphatic rings. The monoisotopic (exact) mass is 299 g/mol. The average molecular weight is 300 g/mol. The van der Waals surface area contributed by atoms with Crippen LogP contribution in [0, 0.1) is 12.7 Å². The van der Waals surface area contributed by atoms with Crippen molar-refractivity contribution in [1.82, 2.24) is 5.16 Å². The third-order valence-electron chi connectivity index (χ3n) is 2.32. The number of aromatic carboxylic acids is 1. The van der Waals surface area contributed by atoms with Gasteiger partial charge in [0.1, 0.15) is 11.5 Å². The summed E-state index contributed by atoms with van der Waals surface area (Å²) in [6, 6.07) is 4.37. The zero-order valence-electron chi connectivity index (χ0n) is 8.70. The highest BCUT2D eigenvalue weighted by atomic mass is 79.9. The van der Waals surface area contributed by atoms with Crippen LogP contribution in [0.15, 0.2) is 27.2 Å². The second kappa shape index (κ2) is 4.29. The van der Waals surface area contributed by atoms with Crippen molar-refractivity contribution in [3.8, 4) is 11.3 Å². The Kier molecular flexibility index (Phi) is 2.97. The molecule has 1 heterocycles. The number of benzene rings is 1. The highest BCUT2D eigenvalue weighted by Gasteiger charge is 2.16. The summed E-state index contributed by atoms with van der Waals surface area (Å²) in [7, 11) is 0. The molecule has 0 saturated heterocycles. The number of halogens is 2. The van der Waals surface area contributed by atoms with Crippen molar-refractivity contribution < 1.29 is 18.8 Å². The third kappa shape index (κ3) is 2.08. The number of carboxylic acid groups (broad SMARTS) is 1. The van der Waals surface area contributed by atoms with Crippen LogP contribution < -0.4 is 0 Å². The fourth-order valence-corrected chi connectivity index (χ4v) is 1.67. The molecule has 0 fully saturated rings. The van der Waals surface area contributed by atoms with Gasteiger partial charge >= 0.3 is 5.97 Å². The van der Waals surface area contributed by atoms with Crippen molar-refractivity contribution in [3.63, 3.8) is 0 Å². The molecule has 1 aromatic heterocycles. The highest BCUT2D eigenvalue weighted by Crippen LogP contribution is 2.28. The van der Waals surface area contributed by atoms with E-state index >= 15 is 0 Å². The van der Waals surface area contributed by atoms with Crippen LogP contribution in [0.2, 0.25) is 0 Å². The van der Waals surface area contributed by atoms with E-state index in [-0.39, 0.29) is 17.0 Å². The summed E-state index contributed by atoms with van der Waals surface area (Å²) in [6.45, 7) is 1.61. The lowest BCUT2D eigenvalue weighted by atomic mass is 10.1. The summed E-state index contributed by atoms with van der Waals surface area (Å²) >= 11 is 3.20. The zero-order chi connectivity index (χ0) is 12.6. The van der Waals surface area contributed by atoms with Gasteiger partial charge in [-0.25, -0.2) is 9.18 Å². The normalized spacial score (nSPS) is 10.5. The van der Waals surface area contributed by atoms with Gasteiger partial charge in [-0.15, -0.1) is 0 Å². The predicted octanol–water partition coefficient (Wildman–Crippen LogP) is 3.25. The number of hydrogen-bond donors (Lipinski definition) is 1. The van der Waals surface area contributed by atoms with Gasteiger partial charge in [-0.2, -0.15) is 0 Å². The van der Waals surface area contributed by atoms with Crippen LogP contribution in [0.3, 0.4) is 0 Å². The fraction of sp³-hybridized carbons (Fsp3) is 0.0909. The topological polar surface area (TPSA) is 63.3 Å². The Morgan fingerprint density at radius 1 is 1.53 bits per heavy atom. The van der Waals surface area contributed by atoms with Crippen LogP contribution in [0.25, 0.3) is 11.3 Å². The van der Waals surface area contributed by atoms with Gasteiger partial charge in [0.15, 0.2) is 0 Å². The van der Waals surface area contributed by atoms with Crippen molar-refractivity contribution in [2.75, 3.05) is 0 Å². The second-order valence-electron chi connectivity index (χ2n) is 3.42. The average Bonchev–Trinajstić information content (AvgIpc) is 2.75. The van der Waals surface area contributed by atoms with Crippen molar-refractivity contribution in [2.24, 2.45) is 0 Å². The lowest BCUT2D eigenvalue weighted by Crippen LogP contribution is -1.92. The quantitative estimate of drug-likeness (QED) is 0.924. The van der Waals surface area contributed by atoms with Gasteiger partial charge in [-0.3, -0.25) is 0 Å². The molecular formula is C11H7BrFNO3. The summed E-state index contributed by atoms with van der Waals surface area (Å²) < 4.78 is 19.1. The Morgan fingerprint density at radius 2 is 2.24 bits per heavy atom. The molecule has 0 unspecified atom stereocenters. The van der Waals surface area contributed by atoms with E-state index in [0.717, 1.165) is 0 Å². The highest BCUT2D eigenvalue weighted by molar-refractivity contribution is 9.10. The van der Waals surface area contributed by atoms with Crippen LogP contribution in [-0.4, -0.2) is 16.2 Å². The molecule has 4 nitrogen and oxygen atoms in total. The minimum absolute atomic E-state index is 0.163. The first-order valence-electron chi connectivity index (χ1n) is 4.65. The Labute approximate surface area is 104 Å². The maximum atomic E-state index is 13.9. The first-order valence-corrected chi connectivity index (χ1v) is 5.45. The molecule has 1 aromatic carbocycles. The molecule has 0 radical (unpaired) electrons. The molecule has 2 rings (SSSR count). The molecule has 0 amide bonds. The summed E-state index contributed by atoms with van der Waals surface area (Å²) in [5.74, 6) is -2.01. The van der Waals surface area contributed by atoms with Crippen molar-refractivity contribution >= 4 is 21.9 Å². The van der Waals surface area contributed by atoms with Gasteiger partial charge in [-0.05, 0) is 24.6 Å². The van der Waals surface area contributed by atoms with Gasteiger partial charge in [0.25, 0.3) is 0 Å². The van der Waals surface area contributed by atoms with E-state index < -0.39 is 11.8 Å². The first-order chi connectivity index (χ1) is 8.00. The van der Waals surface area contributed by atoms with E-state index in [2.05, 4.69) is 25.6 Å². The Bertz CT molecular complexity index is 594. The maximum Gasteiger partial charge on any atom is 0.374 e. The minimum atomic E-state index is -1.24. The number of carboxylic acids is 1. The molecule has 0 atom stereocenters. The molecule has 1 N–H and O–H groups in total. The number of carbonyl (C=O) groups is 1. The van der Waals surface area contributed by atoms with E-state index in [9.17, 15) is 9.18 Å². The number of hydrogen-bond acceptors (Lipinski definition) is 3. The lowest BCUT2D eigenvalue weighted by Gasteiger charge is -2.03. The van der Waals surface area contributed by atoms with Crippen molar-refractivity contribution in [2.45, 2.75) is 6.92 Å². The first kappa shape index (κ1) is 11.8. The van der Waals surface area contributed by atoms with Crippen LogP contribution in [0.1, 0.15) is 16.1 Å². The number of nitrogens with zero attached hydrogens (tertiary/aromatic N) is 1. The van der Waals surface area contributed by atoms with E-state index in [1.807, 2.05) is 0 Å². The minimum Gasteiger partial charge on any atom is -0.475 e. The lowest BCUT2D eigenvalue weighted by molar-refractivity contribution is 0.0652. The third-order valence-corrected chi connectivity index (χ3v) is 3.18. The molecule has 0 bridgehead atoms. The fourth-order valence-electron chi connectivity index (χ4n) is 1.36. The molecule has 17 heavy (non-hydrogen) atoms. The predicted molar refractivity (Wildman–Crippen MR) is 61.3 cm³/mol. The molecule has 0 aliphatic heterocycles. The van der Waals surface area contributed by atoms with Gasteiger partial charge in [0.05, 0.1) is 0 Å². The molecule has 6 heteroatoms. The van der Waals surface area contributed by atoms with E-state index in [1.54, 1.807) is 13.0 Å². The van der Waals surface area contributed by atoms with Gasteiger partial charge in [0, 0.05) is 16.1 Å². The summed E-state index contributed by atoms with van der Waals surface area (Å²) in [6.07, 6.45) is 0. The largest absolute Gasteiger partial charge is 0.475 e. The molecule has 0 saturated carbocycles. The Hall–Kier alpha value is -1.69. The molecule has 0 aliphatic carbocycles. The molecule has 2 aromatic rings. The van der Waals surface area contributed by atoms with Crippen LogP contribution in [0.4, 0.5) is 4.39 Å².